The molecule has 5 heteroatoms. The molecular weight excluding hydrogens is 307 g/mol. The Hall–Kier alpha value is -3.13. The molecule has 0 aliphatic rings. The van der Waals surface area contributed by atoms with E-state index >= 15 is 0 Å². The van der Waals surface area contributed by atoms with Gasteiger partial charge in [-0.15, -0.1) is 0 Å². The molecule has 4 nitrogen and oxygen atoms in total. The second-order valence-corrected chi connectivity index (χ2v) is 5.23. The van der Waals surface area contributed by atoms with E-state index in [0.717, 1.165) is 5.56 Å². The number of hydrogen-bond donors (Lipinski definition) is 0. The van der Waals surface area contributed by atoms with E-state index in [2.05, 4.69) is 6.07 Å². The molecule has 24 heavy (non-hydrogen) atoms. The molecule has 0 saturated carbocycles. The van der Waals surface area contributed by atoms with E-state index < -0.39 is 5.82 Å². The largest absolute Gasteiger partial charge is 0.494 e. The maximum Gasteiger partial charge on any atom is 0.246 e. The smallest absolute Gasteiger partial charge is 0.246 e. The van der Waals surface area contributed by atoms with E-state index in [-0.39, 0.29) is 11.7 Å². The lowest BCUT2D eigenvalue weighted by Crippen LogP contribution is -2.24. The lowest BCUT2D eigenvalue weighted by atomic mass is 10.1. The highest BCUT2D eigenvalue weighted by atomic mass is 19.1. The van der Waals surface area contributed by atoms with Crippen molar-refractivity contribution in [3.8, 4) is 11.8 Å². The summed E-state index contributed by atoms with van der Waals surface area (Å²) in [5.41, 5.74) is 2.08. The number of methoxy groups -OCH3 is 1. The number of carbonyl (C=O) groups is 1. The Morgan fingerprint density at radius 3 is 2.58 bits per heavy atom. The number of nitrogens with zero attached hydrogens (tertiary/aromatic N) is 2. The Morgan fingerprint density at radius 1 is 1.29 bits per heavy atom. The van der Waals surface area contributed by atoms with Gasteiger partial charge in [0.25, 0.3) is 0 Å². The lowest BCUT2D eigenvalue weighted by molar-refractivity contribution is -0.125. The minimum absolute atomic E-state index is 0.163. The molecule has 0 aliphatic carbocycles. The molecule has 0 heterocycles. The number of carbonyl (C=O) groups excluding carboxylic acids is 1. The SMILES string of the molecule is COc1ccc(/C=C/C(=O)N(C)Cc2ccc(C#N)cc2)cc1F. The molecule has 0 fully saturated rings. The molecule has 0 aliphatic heterocycles. The normalized spacial score (nSPS) is 10.4. The van der Waals surface area contributed by atoms with Crippen LogP contribution in [0.2, 0.25) is 0 Å². The average Bonchev–Trinajstić information content (AvgIpc) is 2.60. The van der Waals surface area contributed by atoms with Crippen LogP contribution in [0, 0.1) is 17.1 Å². The number of amides is 1. The van der Waals surface area contributed by atoms with Gasteiger partial charge in [-0.1, -0.05) is 18.2 Å². The zero-order valence-electron chi connectivity index (χ0n) is 13.5. The van der Waals surface area contributed by atoms with Crippen LogP contribution in [0.5, 0.6) is 5.75 Å². The van der Waals surface area contributed by atoms with E-state index in [4.69, 9.17) is 10.00 Å². The van der Waals surface area contributed by atoms with Gasteiger partial charge in [-0.3, -0.25) is 4.79 Å². The quantitative estimate of drug-likeness (QED) is 0.792. The van der Waals surface area contributed by atoms with Gasteiger partial charge in [0.05, 0.1) is 18.7 Å². The molecule has 122 valence electrons. The van der Waals surface area contributed by atoms with Crippen molar-refractivity contribution in [2.45, 2.75) is 6.54 Å². The molecule has 2 rings (SSSR count). The van der Waals surface area contributed by atoms with E-state index in [1.54, 1.807) is 31.3 Å². The van der Waals surface area contributed by atoms with Crippen LogP contribution in [-0.4, -0.2) is 25.0 Å². The van der Waals surface area contributed by atoms with Crippen LogP contribution in [0.25, 0.3) is 6.08 Å². The van der Waals surface area contributed by atoms with Crippen molar-refractivity contribution < 1.29 is 13.9 Å². The van der Waals surface area contributed by atoms with Gasteiger partial charge in [0.1, 0.15) is 0 Å². The molecule has 0 N–H and O–H groups in total. The highest BCUT2D eigenvalue weighted by Crippen LogP contribution is 2.18. The summed E-state index contributed by atoms with van der Waals surface area (Å²) < 4.78 is 18.5. The number of hydrogen-bond acceptors (Lipinski definition) is 3. The number of likely N-dealkylation sites (N-methyl/N-ethyl adjacent to an activating group) is 1. The minimum Gasteiger partial charge on any atom is -0.494 e. The van der Waals surface area contributed by atoms with Gasteiger partial charge in [-0.25, -0.2) is 4.39 Å². The predicted molar refractivity (Wildman–Crippen MR) is 89.6 cm³/mol. The fourth-order valence-corrected chi connectivity index (χ4v) is 2.12. The molecule has 0 saturated heterocycles. The molecule has 0 aromatic heterocycles. The minimum atomic E-state index is -0.474. The molecular formula is C19H17FN2O2. The number of rotatable bonds is 5. The van der Waals surface area contributed by atoms with Gasteiger partial charge >= 0.3 is 0 Å². The van der Waals surface area contributed by atoms with Gasteiger partial charge in [-0.2, -0.15) is 5.26 Å². The van der Waals surface area contributed by atoms with Crippen LogP contribution in [0.15, 0.2) is 48.5 Å². The first-order chi connectivity index (χ1) is 11.5. The van der Waals surface area contributed by atoms with E-state index in [9.17, 15) is 9.18 Å². The maximum absolute atomic E-state index is 13.6. The summed E-state index contributed by atoms with van der Waals surface area (Å²) in [6.07, 6.45) is 2.95. The van der Waals surface area contributed by atoms with Crippen molar-refractivity contribution in [1.82, 2.24) is 4.90 Å². The van der Waals surface area contributed by atoms with Crippen molar-refractivity contribution in [1.29, 1.82) is 5.26 Å². The maximum atomic E-state index is 13.6. The third-order valence-electron chi connectivity index (χ3n) is 3.47. The van der Waals surface area contributed by atoms with Crippen molar-refractivity contribution in [3.63, 3.8) is 0 Å². The third kappa shape index (κ3) is 4.43. The van der Waals surface area contributed by atoms with Crippen LogP contribution in [0.3, 0.4) is 0 Å². The summed E-state index contributed by atoms with van der Waals surface area (Å²) in [6, 6.07) is 13.6. The molecule has 0 radical (unpaired) electrons. The van der Waals surface area contributed by atoms with Crippen molar-refractivity contribution in [2.75, 3.05) is 14.2 Å². The molecule has 0 spiro atoms. The van der Waals surface area contributed by atoms with Gasteiger partial charge in [0, 0.05) is 19.7 Å². The Kier molecular flexibility index (Phi) is 5.69. The van der Waals surface area contributed by atoms with E-state index in [0.29, 0.717) is 17.7 Å². The van der Waals surface area contributed by atoms with Crippen LogP contribution >= 0.6 is 0 Å². The standard InChI is InChI=1S/C19H17FN2O2/c1-22(13-16-5-3-15(12-21)4-6-16)19(23)10-8-14-7-9-18(24-2)17(20)11-14/h3-11H,13H2,1-2H3/b10-8+. The highest BCUT2D eigenvalue weighted by molar-refractivity contribution is 5.91. The number of benzene rings is 2. The summed E-state index contributed by atoms with van der Waals surface area (Å²) in [5.74, 6) is -0.509. The monoisotopic (exact) mass is 324 g/mol. The summed E-state index contributed by atoms with van der Waals surface area (Å²) in [4.78, 5) is 13.7. The summed E-state index contributed by atoms with van der Waals surface area (Å²) in [7, 11) is 3.08. The van der Waals surface area contributed by atoms with Crippen molar-refractivity contribution in [2.24, 2.45) is 0 Å². The summed E-state index contributed by atoms with van der Waals surface area (Å²) in [6.45, 7) is 0.422. The molecule has 2 aromatic carbocycles. The molecule has 2 aromatic rings. The molecule has 0 atom stereocenters. The fourth-order valence-electron chi connectivity index (χ4n) is 2.12. The zero-order chi connectivity index (χ0) is 17.5. The number of ether oxygens (including phenoxy) is 1. The zero-order valence-corrected chi connectivity index (χ0v) is 13.5. The first-order valence-corrected chi connectivity index (χ1v) is 7.29. The third-order valence-corrected chi connectivity index (χ3v) is 3.47. The van der Waals surface area contributed by atoms with Crippen LogP contribution in [0.4, 0.5) is 4.39 Å². The molecule has 0 unspecified atom stereocenters. The van der Waals surface area contributed by atoms with Gasteiger partial charge in [0.15, 0.2) is 11.6 Å². The topological polar surface area (TPSA) is 53.3 Å². The van der Waals surface area contributed by atoms with E-state index in [1.165, 1.54) is 30.2 Å². The highest BCUT2D eigenvalue weighted by Gasteiger charge is 2.07. The summed E-state index contributed by atoms with van der Waals surface area (Å²) >= 11 is 0. The summed E-state index contributed by atoms with van der Waals surface area (Å²) in [5, 5.41) is 8.77. The average molecular weight is 324 g/mol. The van der Waals surface area contributed by atoms with Crippen molar-refractivity contribution in [3.05, 3.63) is 71.0 Å². The molecule has 0 bridgehead atoms. The first kappa shape index (κ1) is 17.2. The van der Waals surface area contributed by atoms with Crippen molar-refractivity contribution >= 4 is 12.0 Å². The molecule has 1 amide bonds. The van der Waals surface area contributed by atoms with E-state index in [1.807, 2.05) is 12.1 Å². The number of nitriles is 1. The van der Waals surface area contributed by atoms with Gasteiger partial charge < -0.3 is 9.64 Å². The Labute approximate surface area is 140 Å². The van der Waals surface area contributed by atoms with Crippen LogP contribution in [0.1, 0.15) is 16.7 Å². The second-order valence-electron chi connectivity index (χ2n) is 5.23. The van der Waals surface area contributed by atoms with Gasteiger partial charge in [-0.05, 0) is 41.5 Å². The predicted octanol–water partition coefficient (Wildman–Crippen LogP) is 3.38. The Balaban J connectivity index is 2.00. The van der Waals surface area contributed by atoms with Crippen LogP contribution < -0.4 is 4.74 Å². The lowest BCUT2D eigenvalue weighted by Gasteiger charge is -2.15. The fraction of sp³-hybridized carbons (Fsp3) is 0.158. The Morgan fingerprint density at radius 2 is 2.00 bits per heavy atom. The van der Waals surface area contributed by atoms with Crippen LogP contribution in [-0.2, 0) is 11.3 Å². The second kappa shape index (κ2) is 7.93. The number of halogens is 1. The first-order valence-electron chi connectivity index (χ1n) is 7.29. The Bertz CT molecular complexity index is 792. The van der Waals surface area contributed by atoms with Gasteiger partial charge in [0.2, 0.25) is 5.91 Å².